The van der Waals surface area contributed by atoms with Crippen molar-refractivity contribution in [1.29, 1.82) is 0 Å². The van der Waals surface area contributed by atoms with Crippen LogP contribution in [-0.2, 0) is 19.4 Å². The molecule has 5 rings (SSSR count). The Bertz CT molecular complexity index is 861. The maximum absolute atomic E-state index is 4.54. The molecule has 0 radical (unpaired) electrons. The summed E-state index contributed by atoms with van der Waals surface area (Å²) in [4.78, 5) is 13.8. The third kappa shape index (κ3) is 2.39. The van der Waals surface area contributed by atoms with Crippen molar-refractivity contribution in [3.05, 3.63) is 34.7 Å². The van der Waals surface area contributed by atoms with Crippen LogP contribution in [-0.4, -0.2) is 51.2 Å². The highest BCUT2D eigenvalue weighted by Gasteiger charge is 2.24. The van der Waals surface area contributed by atoms with E-state index < -0.39 is 0 Å². The van der Waals surface area contributed by atoms with E-state index in [4.69, 9.17) is 0 Å². The highest BCUT2D eigenvalue weighted by atomic mass is 32.1. The van der Waals surface area contributed by atoms with Crippen molar-refractivity contribution in [2.24, 2.45) is 0 Å². The first-order chi connectivity index (χ1) is 11.9. The largest absolute Gasteiger partial charge is 0.353 e. The van der Waals surface area contributed by atoms with Crippen LogP contribution >= 0.6 is 11.3 Å². The first kappa shape index (κ1) is 14.4. The third-order valence-electron chi connectivity index (χ3n) is 5.16. The average Bonchev–Trinajstić information content (AvgIpc) is 3.33. The number of hydrogen-bond donors (Lipinski definition) is 1. The van der Waals surface area contributed by atoms with Crippen molar-refractivity contribution in [1.82, 2.24) is 25.1 Å². The summed E-state index contributed by atoms with van der Waals surface area (Å²) in [6.07, 6.45) is 5.32. The topological polar surface area (TPSA) is 60.9 Å². The van der Waals surface area contributed by atoms with Crippen molar-refractivity contribution in [3.8, 4) is 0 Å². The zero-order chi connectivity index (χ0) is 15.9. The van der Waals surface area contributed by atoms with E-state index >= 15 is 0 Å². The van der Waals surface area contributed by atoms with Crippen LogP contribution in [0.4, 0.5) is 5.82 Å². The van der Waals surface area contributed by atoms with Gasteiger partial charge in [-0.1, -0.05) is 0 Å². The summed E-state index contributed by atoms with van der Waals surface area (Å²) in [7, 11) is 0. The lowest BCUT2D eigenvalue weighted by Gasteiger charge is -2.35. The van der Waals surface area contributed by atoms with Crippen LogP contribution in [0, 0.1) is 0 Å². The Morgan fingerprint density at radius 2 is 2.04 bits per heavy atom. The number of nitrogens with one attached hydrogen (secondary N) is 1. The van der Waals surface area contributed by atoms with Gasteiger partial charge < -0.3 is 4.90 Å². The molecule has 0 unspecified atom stereocenters. The Morgan fingerprint density at radius 3 is 2.96 bits per heavy atom. The van der Waals surface area contributed by atoms with Crippen molar-refractivity contribution < 1.29 is 0 Å². The van der Waals surface area contributed by atoms with E-state index in [9.17, 15) is 0 Å². The Balaban J connectivity index is 1.28. The smallest absolute Gasteiger partial charge is 0.150 e. The summed E-state index contributed by atoms with van der Waals surface area (Å²) in [5, 5.41) is 9.86. The molecule has 0 saturated carbocycles. The molecule has 0 aromatic carbocycles. The third-order valence-corrected chi connectivity index (χ3v) is 6.06. The Labute approximate surface area is 144 Å². The molecule has 4 heterocycles. The summed E-state index contributed by atoms with van der Waals surface area (Å²) in [5.41, 5.74) is 5.16. The van der Waals surface area contributed by atoms with Crippen molar-refractivity contribution in [2.45, 2.75) is 25.8 Å². The van der Waals surface area contributed by atoms with E-state index in [2.05, 4.69) is 41.4 Å². The van der Waals surface area contributed by atoms with Gasteiger partial charge in [-0.2, -0.15) is 5.10 Å². The lowest BCUT2D eigenvalue weighted by molar-refractivity contribution is 0.246. The highest BCUT2D eigenvalue weighted by Crippen LogP contribution is 2.29. The van der Waals surface area contributed by atoms with Crippen LogP contribution in [0.1, 0.15) is 23.4 Å². The zero-order valence-corrected chi connectivity index (χ0v) is 14.3. The molecule has 3 aromatic heterocycles. The molecule has 3 aromatic rings. The van der Waals surface area contributed by atoms with E-state index in [0.717, 1.165) is 44.1 Å². The number of thiophene rings is 1. The predicted molar refractivity (Wildman–Crippen MR) is 95.5 cm³/mol. The predicted octanol–water partition coefficient (Wildman–Crippen LogP) is 2.23. The fraction of sp³-hybridized carbons (Fsp3) is 0.471. The molecule has 2 aliphatic rings. The lowest BCUT2D eigenvalue weighted by Crippen LogP contribution is -2.46. The number of aryl methyl sites for hydroxylation is 1. The molecule has 1 fully saturated rings. The summed E-state index contributed by atoms with van der Waals surface area (Å²) < 4.78 is 1.20. The van der Waals surface area contributed by atoms with Crippen LogP contribution in [0.15, 0.2) is 17.8 Å². The molecule has 0 atom stereocenters. The van der Waals surface area contributed by atoms with E-state index in [-0.39, 0.29) is 0 Å². The van der Waals surface area contributed by atoms with Gasteiger partial charge >= 0.3 is 0 Å². The van der Waals surface area contributed by atoms with Gasteiger partial charge in [-0.05, 0) is 36.3 Å². The number of H-pyrrole nitrogens is 1. The quantitative estimate of drug-likeness (QED) is 0.792. The first-order valence-electron chi connectivity index (χ1n) is 8.59. The molecule has 0 amide bonds. The van der Waals surface area contributed by atoms with Gasteiger partial charge in [-0.25, -0.2) is 9.97 Å². The Kier molecular flexibility index (Phi) is 3.48. The summed E-state index contributed by atoms with van der Waals surface area (Å²) in [6, 6.07) is 2.07. The van der Waals surface area contributed by atoms with Gasteiger partial charge in [-0.15, -0.1) is 11.3 Å². The molecule has 1 aliphatic heterocycles. The normalized spacial score (nSPS) is 18.4. The van der Waals surface area contributed by atoms with Crippen LogP contribution in [0.2, 0.25) is 0 Å². The van der Waals surface area contributed by atoms with Crippen molar-refractivity contribution >= 4 is 27.4 Å². The second kappa shape index (κ2) is 5.82. The van der Waals surface area contributed by atoms with E-state index in [1.807, 2.05) is 0 Å². The van der Waals surface area contributed by atoms with E-state index in [0.29, 0.717) is 0 Å². The molecule has 7 heteroatoms. The molecule has 1 saturated heterocycles. The number of aromatic amines is 1. The fourth-order valence-corrected chi connectivity index (χ4v) is 4.71. The van der Waals surface area contributed by atoms with Crippen molar-refractivity contribution in [2.75, 3.05) is 31.1 Å². The second-order valence-corrected chi connectivity index (χ2v) is 7.49. The number of anilines is 1. The highest BCUT2D eigenvalue weighted by molar-refractivity contribution is 7.17. The average molecular weight is 340 g/mol. The fourth-order valence-electron chi connectivity index (χ4n) is 3.85. The van der Waals surface area contributed by atoms with Gasteiger partial charge in [0.05, 0.1) is 15.9 Å². The van der Waals surface area contributed by atoms with Crippen LogP contribution in [0.3, 0.4) is 0 Å². The molecule has 1 N–H and O–H groups in total. The first-order valence-corrected chi connectivity index (χ1v) is 9.47. The summed E-state index contributed by atoms with van der Waals surface area (Å²) >= 11 is 1.73. The number of piperazine rings is 1. The van der Waals surface area contributed by atoms with E-state index in [1.54, 1.807) is 17.7 Å². The number of rotatable bonds is 3. The summed E-state index contributed by atoms with van der Waals surface area (Å²) in [5.74, 6) is 1.09. The molecule has 24 heavy (non-hydrogen) atoms. The molecule has 0 bridgehead atoms. The van der Waals surface area contributed by atoms with Gasteiger partial charge in [0.2, 0.25) is 0 Å². The van der Waals surface area contributed by atoms with Gasteiger partial charge in [-0.3, -0.25) is 10.00 Å². The SMILES string of the molecule is c1nc(N2CCN(Cc3n[nH]c4c3CCC4)CC2)c2sccc2n1. The molecular formula is C17H20N6S. The summed E-state index contributed by atoms with van der Waals surface area (Å²) in [6.45, 7) is 5.10. The standard InChI is InChI=1S/C17H20N6S/c1-2-12-13(3-1)20-21-15(12)10-22-5-7-23(8-6-22)17-16-14(4-9-24-16)18-11-19-17/h4,9,11H,1-3,5-8,10H2,(H,20,21). The monoisotopic (exact) mass is 340 g/mol. The van der Waals surface area contributed by atoms with Crippen molar-refractivity contribution in [3.63, 3.8) is 0 Å². The second-order valence-electron chi connectivity index (χ2n) is 6.58. The maximum Gasteiger partial charge on any atom is 0.150 e. The van der Waals surface area contributed by atoms with Gasteiger partial charge in [0, 0.05) is 38.4 Å². The minimum Gasteiger partial charge on any atom is -0.353 e. The van der Waals surface area contributed by atoms with Crippen LogP contribution < -0.4 is 4.90 Å². The number of aromatic nitrogens is 4. The Hall–Kier alpha value is -1.99. The molecule has 0 spiro atoms. The number of hydrogen-bond acceptors (Lipinski definition) is 6. The van der Waals surface area contributed by atoms with Gasteiger partial charge in [0.15, 0.2) is 0 Å². The number of fused-ring (bicyclic) bond motifs is 2. The minimum atomic E-state index is 0.970. The maximum atomic E-state index is 4.54. The number of nitrogens with zero attached hydrogens (tertiary/aromatic N) is 5. The molecule has 124 valence electrons. The molecule has 6 nitrogen and oxygen atoms in total. The molecule has 1 aliphatic carbocycles. The van der Waals surface area contributed by atoms with Gasteiger partial charge in [0.25, 0.3) is 0 Å². The minimum absolute atomic E-state index is 0.970. The van der Waals surface area contributed by atoms with E-state index in [1.165, 1.54) is 40.9 Å². The van der Waals surface area contributed by atoms with Gasteiger partial charge in [0.1, 0.15) is 12.1 Å². The Morgan fingerprint density at radius 1 is 1.12 bits per heavy atom. The van der Waals surface area contributed by atoms with Crippen LogP contribution in [0.25, 0.3) is 10.2 Å². The lowest BCUT2D eigenvalue weighted by atomic mass is 10.2. The van der Waals surface area contributed by atoms with Crippen LogP contribution in [0.5, 0.6) is 0 Å². The zero-order valence-electron chi connectivity index (χ0n) is 13.5. The molecular weight excluding hydrogens is 320 g/mol.